The number of nitrogens with one attached hydrogen (secondary N) is 1. The van der Waals surface area contributed by atoms with Crippen molar-refractivity contribution in [3.8, 4) is 0 Å². The Morgan fingerprint density at radius 3 is 2.58 bits per heavy atom. The lowest BCUT2D eigenvalue weighted by Crippen LogP contribution is -2.15. The molecule has 0 atom stereocenters. The van der Waals surface area contributed by atoms with Gasteiger partial charge >= 0.3 is 5.97 Å². The monoisotopic (exact) mass is 256 g/mol. The van der Waals surface area contributed by atoms with Gasteiger partial charge in [-0.15, -0.1) is 0 Å². The zero-order valence-electron chi connectivity index (χ0n) is 10.5. The molecule has 0 fully saturated rings. The number of benzene rings is 1. The average Bonchev–Trinajstić information content (AvgIpc) is 2.41. The largest absolute Gasteiger partial charge is 0.481 e. The average molecular weight is 256 g/mol. The molecule has 0 aliphatic carbocycles. The quantitative estimate of drug-likeness (QED) is 0.829. The number of nitrogens with zero attached hydrogens (tertiary/aromatic N) is 1. The Hall–Kier alpha value is -2.20. The smallest absolute Gasteiger partial charge is 0.307 e. The fourth-order valence-corrected chi connectivity index (χ4v) is 1.91. The normalized spacial score (nSPS) is 10.3. The lowest BCUT2D eigenvalue weighted by atomic mass is 10.0. The molecule has 1 heterocycles. The molecule has 1 aromatic carbocycles. The molecule has 0 spiro atoms. The van der Waals surface area contributed by atoms with Crippen molar-refractivity contribution in [3.05, 3.63) is 65.5 Å². The minimum Gasteiger partial charge on any atom is -0.481 e. The van der Waals surface area contributed by atoms with E-state index in [1.54, 1.807) is 6.20 Å². The number of hydrogen-bond acceptors (Lipinski definition) is 3. The molecule has 98 valence electrons. The summed E-state index contributed by atoms with van der Waals surface area (Å²) in [6, 6.07) is 11.5. The van der Waals surface area contributed by atoms with Crippen molar-refractivity contribution in [3.63, 3.8) is 0 Å². The van der Waals surface area contributed by atoms with E-state index in [4.69, 9.17) is 5.11 Å². The van der Waals surface area contributed by atoms with E-state index in [-0.39, 0.29) is 6.42 Å². The third kappa shape index (κ3) is 4.19. The molecule has 4 heteroatoms. The van der Waals surface area contributed by atoms with Gasteiger partial charge in [0.25, 0.3) is 0 Å². The second-order valence-corrected chi connectivity index (χ2v) is 4.30. The lowest BCUT2D eigenvalue weighted by molar-refractivity contribution is -0.136. The van der Waals surface area contributed by atoms with Crippen molar-refractivity contribution in [2.24, 2.45) is 0 Å². The zero-order chi connectivity index (χ0) is 13.5. The van der Waals surface area contributed by atoms with E-state index in [0.29, 0.717) is 6.54 Å². The van der Waals surface area contributed by atoms with Crippen molar-refractivity contribution in [1.82, 2.24) is 10.3 Å². The summed E-state index contributed by atoms with van der Waals surface area (Å²) in [5.74, 6) is -0.806. The van der Waals surface area contributed by atoms with Gasteiger partial charge in [-0.2, -0.15) is 0 Å². The predicted molar refractivity (Wildman–Crippen MR) is 72.6 cm³/mol. The molecule has 0 radical (unpaired) electrons. The van der Waals surface area contributed by atoms with Gasteiger partial charge in [0.2, 0.25) is 0 Å². The van der Waals surface area contributed by atoms with Crippen LogP contribution in [0.25, 0.3) is 0 Å². The molecule has 2 N–H and O–H groups in total. The number of carboxylic acid groups (broad SMARTS) is 1. The minimum absolute atomic E-state index is 0.0603. The number of carboxylic acids is 1. The first-order valence-corrected chi connectivity index (χ1v) is 6.14. The maximum atomic E-state index is 10.8. The Kier molecular flexibility index (Phi) is 4.64. The lowest BCUT2D eigenvalue weighted by Gasteiger charge is -2.09. The number of rotatable bonds is 6. The molecule has 0 aliphatic heterocycles. The first-order chi connectivity index (χ1) is 9.25. The molecular formula is C15H16N2O2. The zero-order valence-corrected chi connectivity index (χ0v) is 10.5. The summed E-state index contributed by atoms with van der Waals surface area (Å²) in [6.07, 6.45) is 3.62. The Morgan fingerprint density at radius 1 is 1.11 bits per heavy atom. The Morgan fingerprint density at radius 2 is 1.89 bits per heavy atom. The Bertz CT molecular complexity index is 541. The number of carbonyl (C=O) groups is 1. The summed E-state index contributed by atoms with van der Waals surface area (Å²) in [4.78, 5) is 14.8. The SMILES string of the molecule is O=C(O)Cc1ccccc1CNCc1cccnc1. The Labute approximate surface area is 112 Å². The van der Waals surface area contributed by atoms with Crippen molar-refractivity contribution in [2.45, 2.75) is 19.5 Å². The molecule has 0 amide bonds. The molecular weight excluding hydrogens is 240 g/mol. The Balaban J connectivity index is 1.94. The summed E-state index contributed by atoms with van der Waals surface area (Å²) < 4.78 is 0. The highest BCUT2D eigenvalue weighted by molar-refractivity contribution is 5.70. The van der Waals surface area contributed by atoms with E-state index in [2.05, 4.69) is 10.3 Å². The van der Waals surface area contributed by atoms with Crippen LogP contribution < -0.4 is 5.32 Å². The van der Waals surface area contributed by atoms with Gasteiger partial charge in [-0.05, 0) is 22.8 Å². The van der Waals surface area contributed by atoms with E-state index >= 15 is 0 Å². The third-order valence-corrected chi connectivity index (χ3v) is 2.83. The van der Waals surface area contributed by atoms with E-state index in [1.165, 1.54) is 0 Å². The molecule has 2 aromatic rings. The van der Waals surface area contributed by atoms with Crippen molar-refractivity contribution >= 4 is 5.97 Å². The summed E-state index contributed by atoms with van der Waals surface area (Å²) in [6.45, 7) is 1.37. The molecule has 0 bridgehead atoms. The molecule has 0 aliphatic rings. The maximum absolute atomic E-state index is 10.8. The number of pyridine rings is 1. The first kappa shape index (κ1) is 13.2. The van der Waals surface area contributed by atoms with Crippen LogP contribution in [0.4, 0.5) is 0 Å². The van der Waals surface area contributed by atoms with E-state index < -0.39 is 5.97 Å². The van der Waals surface area contributed by atoms with E-state index in [1.807, 2.05) is 42.6 Å². The van der Waals surface area contributed by atoms with Crippen LogP contribution in [0.15, 0.2) is 48.8 Å². The van der Waals surface area contributed by atoms with Crippen LogP contribution in [0, 0.1) is 0 Å². The van der Waals surface area contributed by atoms with Gasteiger partial charge < -0.3 is 10.4 Å². The van der Waals surface area contributed by atoms with Gasteiger partial charge in [0.15, 0.2) is 0 Å². The molecule has 0 unspecified atom stereocenters. The van der Waals surface area contributed by atoms with Gasteiger partial charge in [-0.3, -0.25) is 9.78 Å². The van der Waals surface area contributed by atoms with Gasteiger partial charge in [-0.25, -0.2) is 0 Å². The predicted octanol–water partition coefficient (Wildman–Crippen LogP) is 2.00. The van der Waals surface area contributed by atoms with E-state index in [9.17, 15) is 4.79 Å². The van der Waals surface area contributed by atoms with Gasteiger partial charge in [0, 0.05) is 25.5 Å². The van der Waals surface area contributed by atoms with Gasteiger partial charge in [0.1, 0.15) is 0 Å². The van der Waals surface area contributed by atoms with Crippen LogP contribution in [0.3, 0.4) is 0 Å². The van der Waals surface area contributed by atoms with Crippen LogP contribution in [0.1, 0.15) is 16.7 Å². The standard InChI is InChI=1S/C15H16N2O2/c18-15(19)8-13-5-1-2-6-14(13)11-17-10-12-4-3-7-16-9-12/h1-7,9,17H,8,10-11H2,(H,18,19). The van der Waals surface area contributed by atoms with Crippen LogP contribution in [-0.2, 0) is 24.3 Å². The first-order valence-electron chi connectivity index (χ1n) is 6.14. The second-order valence-electron chi connectivity index (χ2n) is 4.30. The molecule has 0 saturated carbocycles. The minimum atomic E-state index is -0.806. The van der Waals surface area contributed by atoms with Gasteiger partial charge in [0.05, 0.1) is 6.42 Å². The topological polar surface area (TPSA) is 62.2 Å². The van der Waals surface area contributed by atoms with Gasteiger partial charge in [-0.1, -0.05) is 30.3 Å². The highest BCUT2D eigenvalue weighted by Crippen LogP contribution is 2.09. The molecule has 1 aromatic heterocycles. The van der Waals surface area contributed by atoms with Crippen LogP contribution >= 0.6 is 0 Å². The van der Waals surface area contributed by atoms with Crippen molar-refractivity contribution in [2.75, 3.05) is 0 Å². The van der Waals surface area contributed by atoms with Crippen LogP contribution in [0.2, 0.25) is 0 Å². The number of hydrogen-bond donors (Lipinski definition) is 2. The summed E-state index contributed by atoms with van der Waals surface area (Å²) in [5.41, 5.74) is 2.99. The molecule has 2 rings (SSSR count). The summed E-state index contributed by atoms with van der Waals surface area (Å²) >= 11 is 0. The maximum Gasteiger partial charge on any atom is 0.307 e. The summed E-state index contributed by atoms with van der Waals surface area (Å²) in [5, 5.41) is 12.2. The highest BCUT2D eigenvalue weighted by Gasteiger charge is 2.05. The highest BCUT2D eigenvalue weighted by atomic mass is 16.4. The molecule has 19 heavy (non-hydrogen) atoms. The molecule has 4 nitrogen and oxygen atoms in total. The number of aliphatic carboxylic acids is 1. The van der Waals surface area contributed by atoms with Crippen LogP contribution in [-0.4, -0.2) is 16.1 Å². The molecule has 0 saturated heterocycles. The summed E-state index contributed by atoms with van der Waals surface area (Å²) in [7, 11) is 0. The van der Waals surface area contributed by atoms with Crippen LogP contribution in [0.5, 0.6) is 0 Å². The van der Waals surface area contributed by atoms with Crippen molar-refractivity contribution in [1.29, 1.82) is 0 Å². The van der Waals surface area contributed by atoms with E-state index in [0.717, 1.165) is 23.2 Å². The van der Waals surface area contributed by atoms with Crippen molar-refractivity contribution < 1.29 is 9.90 Å². The fraction of sp³-hybridized carbons (Fsp3) is 0.200. The second kappa shape index (κ2) is 6.66. The third-order valence-electron chi connectivity index (χ3n) is 2.83. The fourth-order valence-electron chi connectivity index (χ4n) is 1.91. The number of aromatic nitrogens is 1.